The van der Waals surface area contributed by atoms with Gasteiger partial charge in [0.25, 0.3) is 5.91 Å². The summed E-state index contributed by atoms with van der Waals surface area (Å²) < 4.78 is 40.9. The number of halogens is 3. The van der Waals surface area contributed by atoms with Gasteiger partial charge in [0, 0.05) is 18.1 Å². The van der Waals surface area contributed by atoms with Crippen LogP contribution in [-0.2, 0) is 13.2 Å². The Balaban J connectivity index is 1.69. The Morgan fingerprint density at radius 1 is 1.28 bits per heavy atom. The standard InChI is InChI=1S/C15H11F3N4O2S/c16-9-1-8(2-10(17)14(9)18)3-22-4-12(19-7-22)21-15(24)11-6-25-13(5-23)20-11/h1-2,4,6-7,23H,3,5H2,(H,21,24). The lowest BCUT2D eigenvalue weighted by Crippen LogP contribution is -2.12. The zero-order valence-electron chi connectivity index (χ0n) is 12.5. The number of rotatable bonds is 5. The molecule has 0 saturated carbocycles. The SMILES string of the molecule is O=C(Nc1cn(Cc2cc(F)c(F)c(F)c2)cn1)c1csc(CO)n1. The van der Waals surface area contributed by atoms with E-state index in [1.807, 2.05) is 0 Å². The number of imidazole rings is 1. The van der Waals surface area contributed by atoms with E-state index in [4.69, 9.17) is 5.11 Å². The number of benzene rings is 1. The number of hydrogen-bond acceptors (Lipinski definition) is 5. The van der Waals surface area contributed by atoms with Crippen molar-refractivity contribution in [2.45, 2.75) is 13.2 Å². The maximum Gasteiger partial charge on any atom is 0.276 e. The van der Waals surface area contributed by atoms with E-state index in [-0.39, 0.29) is 30.2 Å². The highest BCUT2D eigenvalue weighted by Crippen LogP contribution is 2.16. The molecule has 2 heterocycles. The second kappa shape index (κ2) is 7.03. The number of carbonyl (C=O) groups excluding carboxylic acids is 1. The van der Waals surface area contributed by atoms with Crippen molar-refractivity contribution in [1.82, 2.24) is 14.5 Å². The summed E-state index contributed by atoms with van der Waals surface area (Å²) in [5.41, 5.74) is 0.352. The van der Waals surface area contributed by atoms with E-state index in [9.17, 15) is 18.0 Å². The first-order chi connectivity index (χ1) is 12.0. The van der Waals surface area contributed by atoms with Gasteiger partial charge in [0.2, 0.25) is 0 Å². The highest BCUT2D eigenvalue weighted by Gasteiger charge is 2.13. The highest BCUT2D eigenvalue weighted by molar-refractivity contribution is 7.09. The summed E-state index contributed by atoms with van der Waals surface area (Å²) in [6, 6.07) is 1.78. The summed E-state index contributed by atoms with van der Waals surface area (Å²) in [7, 11) is 0. The number of thiazole rings is 1. The van der Waals surface area contributed by atoms with Crippen molar-refractivity contribution in [3.05, 3.63) is 63.8 Å². The van der Waals surface area contributed by atoms with Crippen molar-refractivity contribution in [3.8, 4) is 0 Å². The number of anilines is 1. The summed E-state index contributed by atoms with van der Waals surface area (Å²) in [5, 5.41) is 13.4. The molecule has 0 fully saturated rings. The maximum atomic E-state index is 13.2. The van der Waals surface area contributed by atoms with Crippen LogP contribution < -0.4 is 5.32 Å². The third kappa shape index (κ3) is 3.86. The van der Waals surface area contributed by atoms with Gasteiger partial charge in [-0.3, -0.25) is 4.79 Å². The van der Waals surface area contributed by atoms with Gasteiger partial charge >= 0.3 is 0 Å². The second-order valence-corrected chi connectivity index (χ2v) is 5.99. The zero-order valence-corrected chi connectivity index (χ0v) is 13.4. The highest BCUT2D eigenvalue weighted by atomic mass is 32.1. The van der Waals surface area contributed by atoms with E-state index in [2.05, 4.69) is 15.3 Å². The molecule has 0 atom stereocenters. The summed E-state index contributed by atoms with van der Waals surface area (Å²) >= 11 is 1.15. The van der Waals surface area contributed by atoms with E-state index in [0.717, 1.165) is 23.5 Å². The minimum atomic E-state index is -1.52. The average molecular weight is 368 g/mol. The van der Waals surface area contributed by atoms with Gasteiger partial charge in [-0.05, 0) is 17.7 Å². The topological polar surface area (TPSA) is 80.0 Å². The molecule has 0 aliphatic heterocycles. The van der Waals surface area contributed by atoms with Crippen molar-refractivity contribution in [2.75, 3.05) is 5.32 Å². The molecule has 0 saturated heterocycles. The monoisotopic (exact) mass is 368 g/mol. The first kappa shape index (κ1) is 17.1. The smallest absolute Gasteiger partial charge is 0.276 e. The summed E-state index contributed by atoms with van der Waals surface area (Å²) in [4.78, 5) is 19.9. The van der Waals surface area contributed by atoms with E-state index < -0.39 is 23.4 Å². The fourth-order valence-corrected chi connectivity index (χ4v) is 2.72. The Labute approximate surface area is 143 Å². The predicted molar refractivity (Wildman–Crippen MR) is 83.6 cm³/mol. The third-order valence-electron chi connectivity index (χ3n) is 3.20. The Hall–Kier alpha value is -2.72. The van der Waals surface area contributed by atoms with Crippen LogP contribution in [0.3, 0.4) is 0 Å². The normalized spacial score (nSPS) is 10.9. The first-order valence-electron chi connectivity index (χ1n) is 6.98. The summed E-state index contributed by atoms with van der Waals surface area (Å²) in [6.07, 6.45) is 2.81. The molecular weight excluding hydrogens is 357 g/mol. The van der Waals surface area contributed by atoms with Gasteiger partial charge in [-0.2, -0.15) is 0 Å². The number of nitrogens with one attached hydrogen (secondary N) is 1. The minimum absolute atomic E-state index is 0.0440. The van der Waals surface area contributed by atoms with Crippen LogP contribution in [0.5, 0.6) is 0 Å². The molecule has 25 heavy (non-hydrogen) atoms. The number of aliphatic hydroxyl groups excluding tert-OH is 1. The number of hydrogen-bond donors (Lipinski definition) is 2. The number of carbonyl (C=O) groups is 1. The van der Waals surface area contributed by atoms with E-state index in [1.165, 1.54) is 22.5 Å². The number of amides is 1. The number of aliphatic hydroxyl groups is 1. The van der Waals surface area contributed by atoms with E-state index >= 15 is 0 Å². The summed E-state index contributed by atoms with van der Waals surface area (Å²) in [6.45, 7) is -0.209. The lowest BCUT2D eigenvalue weighted by atomic mass is 10.2. The molecule has 2 N–H and O–H groups in total. The van der Waals surface area contributed by atoms with Crippen molar-refractivity contribution in [3.63, 3.8) is 0 Å². The zero-order chi connectivity index (χ0) is 18.0. The molecule has 0 spiro atoms. The quantitative estimate of drug-likeness (QED) is 0.679. The van der Waals surface area contributed by atoms with E-state index in [0.29, 0.717) is 5.01 Å². The van der Waals surface area contributed by atoms with Crippen LogP contribution >= 0.6 is 11.3 Å². The molecule has 0 unspecified atom stereocenters. The molecule has 0 bridgehead atoms. The van der Waals surface area contributed by atoms with Crippen LogP contribution in [0, 0.1) is 17.5 Å². The van der Waals surface area contributed by atoms with Crippen molar-refractivity contribution in [2.24, 2.45) is 0 Å². The van der Waals surface area contributed by atoms with Crippen molar-refractivity contribution in [1.29, 1.82) is 0 Å². The molecule has 0 aliphatic rings. The van der Waals surface area contributed by atoms with Crippen LogP contribution in [0.15, 0.2) is 30.0 Å². The van der Waals surface area contributed by atoms with Gasteiger partial charge in [-0.15, -0.1) is 11.3 Å². The molecule has 1 amide bonds. The van der Waals surface area contributed by atoms with Gasteiger partial charge < -0.3 is 15.0 Å². The van der Waals surface area contributed by atoms with Crippen LogP contribution in [0.4, 0.5) is 19.0 Å². The van der Waals surface area contributed by atoms with Gasteiger partial charge in [-0.25, -0.2) is 23.1 Å². The number of aromatic nitrogens is 3. The van der Waals surface area contributed by atoms with Crippen molar-refractivity contribution >= 4 is 23.1 Å². The molecule has 0 aliphatic carbocycles. The lowest BCUT2D eigenvalue weighted by molar-refractivity contribution is 0.102. The fraction of sp³-hybridized carbons (Fsp3) is 0.133. The molecule has 3 rings (SSSR count). The molecule has 2 aromatic heterocycles. The van der Waals surface area contributed by atoms with Crippen LogP contribution in [0.25, 0.3) is 0 Å². The van der Waals surface area contributed by atoms with Gasteiger partial charge in [0.1, 0.15) is 10.7 Å². The second-order valence-electron chi connectivity index (χ2n) is 5.04. The van der Waals surface area contributed by atoms with Crippen LogP contribution in [0.2, 0.25) is 0 Å². The van der Waals surface area contributed by atoms with Crippen LogP contribution in [-0.4, -0.2) is 25.5 Å². The largest absolute Gasteiger partial charge is 0.389 e. The molecule has 3 aromatic rings. The molecule has 10 heteroatoms. The lowest BCUT2D eigenvalue weighted by Gasteiger charge is -2.04. The molecule has 1 aromatic carbocycles. The Morgan fingerprint density at radius 3 is 2.64 bits per heavy atom. The Kier molecular flexibility index (Phi) is 4.81. The molecule has 6 nitrogen and oxygen atoms in total. The van der Waals surface area contributed by atoms with Gasteiger partial charge in [-0.1, -0.05) is 0 Å². The van der Waals surface area contributed by atoms with Crippen molar-refractivity contribution < 1.29 is 23.1 Å². The average Bonchev–Trinajstić information content (AvgIpc) is 3.22. The number of nitrogens with zero attached hydrogens (tertiary/aromatic N) is 3. The van der Waals surface area contributed by atoms with Gasteiger partial charge in [0.15, 0.2) is 23.3 Å². The first-order valence-corrected chi connectivity index (χ1v) is 7.86. The molecule has 130 valence electrons. The molecular formula is C15H11F3N4O2S. The van der Waals surface area contributed by atoms with Gasteiger partial charge in [0.05, 0.1) is 12.9 Å². The predicted octanol–water partition coefficient (Wildman–Crippen LogP) is 2.55. The Bertz CT molecular complexity index is 902. The minimum Gasteiger partial charge on any atom is -0.389 e. The Morgan fingerprint density at radius 2 is 2.00 bits per heavy atom. The fourth-order valence-electron chi connectivity index (χ4n) is 2.09. The summed E-state index contributed by atoms with van der Waals surface area (Å²) in [5.74, 6) is -4.35. The third-order valence-corrected chi connectivity index (χ3v) is 4.04. The van der Waals surface area contributed by atoms with Crippen LogP contribution in [0.1, 0.15) is 21.1 Å². The molecule has 0 radical (unpaired) electrons. The van der Waals surface area contributed by atoms with E-state index in [1.54, 1.807) is 0 Å². The maximum absolute atomic E-state index is 13.2.